The number of rotatable bonds is 6. The van der Waals surface area contributed by atoms with E-state index in [1.54, 1.807) is 6.07 Å². The lowest BCUT2D eigenvalue weighted by atomic mass is 10.2. The summed E-state index contributed by atoms with van der Waals surface area (Å²) in [5, 5.41) is 16.4. The first kappa shape index (κ1) is 16.3. The second-order valence-corrected chi connectivity index (χ2v) is 6.52. The molecule has 0 amide bonds. The van der Waals surface area contributed by atoms with E-state index in [-0.39, 0.29) is 12.6 Å². The molecule has 122 valence electrons. The van der Waals surface area contributed by atoms with Crippen molar-refractivity contribution in [2.45, 2.75) is 31.7 Å². The van der Waals surface area contributed by atoms with Crippen molar-refractivity contribution in [2.75, 3.05) is 17.2 Å². The van der Waals surface area contributed by atoms with Crippen molar-refractivity contribution in [3.8, 4) is 0 Å². The number of halogens is 2. The number of hydrogen-bond acceptors (Lipinski definition) is 5. The van der Waals surface area contributed by atoms with Gasteiger partial charge >= 0.3 is 0 Å². The van der Waals surface area contributed by atoms with Crippen molar-refractivity contribution >= 4 is 40.7 Å². The molecule has 0 radical (unpaired) electrons. The maximum absolute atomic E-state index is 9.19. The number of aliphatic hydroxyl groups is 1. The summed E-state index contributed by atoms with van der Waals surface area (Å²) in [6, 6.07) is 7.22. The zero-order valence-electron chi connectivity index (χ0n) is 12.7. The molecule has 1 fully saturated rings. The number of benzene rings is 1. The van der Waals surface area contributed by atoms with Crippen molar-refractivity contribution < 1.29 is 5.11 Å². The highest BCUT2D eigenvalue weighted by Gasteiger charge is 2.26. The van der Waals surface area contributed by atoms with Gasteiger partial charge in [-0.05, 0) is 31.9 Å². The van der Waals surface area contributed by atoms with Crippen LogP contribution in [0.2, 0.25) is 10.0 Å². The van der Waals surface area contributed by atoms with E-state index in [9.17, 15) is 5.11 Å². The fraction of sp³-hybridized carbons (Fsp3) is 0.375. The maximum atomic E-state index is 9.19. The molecular formula is C16H18Cl2N4O. The van der Waals surface area contributed by atoms with Gasteiger partial charge in [0.25, 0.3) is 0 Å². The third-order valence-electron chi connectivity index (χ3n) is 3.61. The molecule has 1 aliphatic carbocycles. The molecule has 7 heteroatoms. The fourth-order valence-corrected chi connectivity index (χ4v) is 2.53. The summed E-state index contributed by atoms with van der Waals surface area (Å²) < 4.78 is 0. The average molecular weight is 353 g/mol. The topological polar surface area (TPSA) is 70.1 Å². The average Bonchev–Trinajstić information content (AvgIpc) is 3.36. The van der Waals surface area contributed by atoms with E-state index in [0.717, 1.165) is 18.5 Å². The van der Waals surface area contributed by atoms with Gasteiger partial charge in [0.2, 0.25) is 5.95 Å². The van der Waals surface area contributed by atoms with Gasteiger partial charge in [-0.2, -0.15) is 4.98 Å². The van der Waals surface area contributed by atoms with Crippen LogP contribution >= 0.6 is 23.2 Å². The molecule has 1 aromatic heterocycles. The second kappa shape index (κ2) is 6.91. The maximum Gasteiger partial charge on any atom is 0.225 e. The number of anilines is 3. The molecule has 5 nitrogen and oxygen atoms in total. The van der Waals surface area contributed by atoms with Gasteiger partial charge in [0.05, 0.1) is 28.0 Å². The molecule has 2 aromatic rings. The smallest absolute Gasteiger partial charge is 0.225 e. The van der Waals surface area contributed by atoms with E-state index in [2.05, 4.69) is 20.6 Å². The highest BCUT2D eigenvalue weighted by molar-refractivity contribution is 6.43. The Kier molecular flexibility index (Phi) is 4.90. The van der Waals surface area contributed by atoms with Gasteiger partial charge in [0.15, 0.2) is 0 Å². The third-order valence-corrected chi connectivity index (χ3v) is 4.42. The zero-order valence-corrected chi connectivity index (χ0v) is 14.2. The van der Waals surface area contributed by atoms with E-state index in [4.69, 9.17) is 23.2 Å². The molecule has 3 N–H and O–H groups in total. The van der Waals surface area contributed by atoms with E-state index in [0.29, 0.717) is 33.4 Å². The highest BCUT2D eigenvalue weighted by Crippen LogP contribution is 2.40. The van der Waals surface area contributed by atoms with Crippen molar-refractivity contribution in [1.82, 2.24) is 9.97 Å². The summed E-state index contributed by atoms with van der Waals surface area (Å²) in [5.41, 5.74) is 1.69. The molecule has 0 bridgehead atoms. The summed E-state index contributed by atoms with van der Waals surface area (Å²) >= 11 is 12.3. The molecule has 1 atom stereocenters. The molecule has 0 unspecified atom stereocenters. The quantitative estimate of drug-likeness (QED) is 0.726. The molecule has 1 heterocycles. The van der Waals surface area contributed by atoms with Crippen LogP contribution in [0, 0.1) is 0 Å². The third kappa shape index (κ3) is 4.05. The van der Waals surface area contributed by atoms with Crippen LogP contribution in [0.4, 0.5) is 17.5 Å². The Morgan fingerprint density at radius 2 is 2.09 bits per heavy atom. The molecule has 0 saturated heterocycles. The van der Waals surface area contributed by atoms with Gasteiger partial charge in [-0.1, -0.05) is 29.3 Å². The van der Waals surface area contributed by atoms with Crippen LogP contribution in [0.25, 0.3) is 0 Å². The van der Waals surface area contributed by atoms with Gasteiger partial charge in [-0.3, -0.25) is 0 Å². The lowest BCUT2D eigenvalue weighted by molar-refractivity contribution is 0.281. The van der Waals surface area contributed by atoms with Crippen LogP contribution in [0.5, 0.6) is 0 Å². The monoisotopic (exact) mass is 352 g/mol. The van der Waals surface area contributed by atoms with E-state index >= 15 is 0 Å². The van der Waals surface area contributed by atoms with Gasteiger partial charge in [0, 0.05) is 18.0 Å². The van der Waals surface area contributed by atoms with E-state index < -0.39 is 0 Å². The van der Waals surface area contributed by atoms with Gasteiger partial charge in [0.1, 0.15) is 5.82 Å². The van der Waals surface area contributed by atoms with Crippen LogP contribution < -0.4 is 10.6 Å². The molecule has 1 aromatic carbocycles. The lowest BCUT2D eigenvalue weighted by Crippen LogP contribution is -2.21. The minimum Gasteiger partial charge on any atom is -0.394 e. The van der Waals surface area contributed by atoms with Crippen LogP contribution in [-0.2, 0) is 0 Å². The predicted molar refractivity (Wildman–Crippen MR) is 93.9 cm³/mol. The molecular weight excluding hydrogens is 335 g/mol. The number of aromatic nitrogens is 2. The number of aliphatic hydroxyl groups excluding tert-OH is 1. The summed E-state index contributed by atoms with van der Waals surface area (Å²) in [6.45, 7) is 1.88. The van der Waals surface area contributed by atoms with Crippen LogP contribution in [0.3, 0.4) is 0 Å². The molecule has 3 rings (SSSR count). The molecule has 23 heavy (non-hydrogen) atoms. The number of nitrogens with one attached hydrogen (secondary N) is 2. The van der Waals surface area contributed by atoms with E-state index in [1.165, 1.54) is 0 Å². The summed E-state index contributed by atoms with van der Waals surface area (Å²) in [7, 11) is 0. The Balaban J connectivity index is 1.89. The van der Waals surface area contributed by atoms with Crippen LogP contribution in [0.1, 0.15) is 31.4 Å². The Morgan fingerprint density at radius 1 is 1.30 bits per heavy atom. The minimum absolute atomic E-state index is 0.0138. The first-order valence-corrected chi connectivity index (χ1v) is 8.30. The largest absolute Gasteiger partial charge is 0.394 e. The van der Waals surface area contributed by atoms with Gasteiger partial charge in [-0.25, -0.2) is 4.98 Å². The zero-order chi connectivity index (χ0) is 16.4. The summed E-state index contributed by atoms with van der Waals surface area (Å²) in [5.74, 6) is 1.63. The standard InChI is InChI=1S/C16H18Cl2N4O/c1-9(8-23)19-16-21-13(10-5-6-10)7-14(22-16)20-12-4-2-3-11(17)15(12)18/h2-4,7,9-10,23H,5-6,8H2,1H3,(H2,19,20,21,22)/t9-/m1/s1. The van der Waals surface area contributed by atoms with Crippen molar-refractivity contribution in [1.29, 1.82) is 0 Å². The molecule has 1 aliphatic rings. The number of hydrogen-bond donors (Lipinski definition) is 3. The van der Waals surface area contributed by atoms with Crippen LogP contribution in [0.15, 0.2) is 24.3 Å². The molecule has 0 spiro atoms. The minimum atomic E-state index is -0.118. The van der Waals surface area contributed by atoms with Crippen molar-refractivity contribution in [2.24, 2.45) is 0 Å². The normalized spacial score (nSPS) is 15.3. The summed E-state index contributed by atoms with van der Waals surface area (Å²) in [6.07, 6.45) is 2.28. The van der Waals surface area contributed by atoms with Crippen molar-refractivity contribution in [3.05, 3.63) is 40.0 Å². The fourth-order valence-electron chi connectivity index (χ4n) is 2.19. The first-order chi connectivity index (χ1) is 11.1. The van der Waals surface area contributed by atoms with Crippen molar-refractivity contribution in [3.63, 3.8) is 0 Å². The Labute approximate surface area is 145 Å². The van der Waals surface area contributed by atoms with Gasteiger partial charge < -0.3 is 15.7 Å². The van der Waals surface area contributed by atoms with E-state index in [1.807, 2.05) is 25.1 Å². The van der Waals surface area contributed by atoms with Gasteiger partial charge in [-0.15, -0.1) is 0 Å². The Bertz CT molecular complexity index is 706. The van der Waals surface area contributed by atoms with Crippen LogP contribution in [-0.4, -0.2) is 27.7 Å². The SMILES string of the molecule is C[C@H](CO)Nc1nc(Nc2cccc(Cl)c2Cl)cc(C2CC2)n1. The lowest BCUT2D eigenvalue weighted by Gasteiger charge is -2.14. The number of nitrogens with zero attached hydrogens (tertiary/aromatic N) is 2. The predicted octanol–water partition coefficient (Wildman–Crippen LogP) is 4.20. The molecule has 0 aliphatic heterocycles. The Morgan fingerprint density at radius 3 is 2.78 bits per heavy atom. The highest BCUT2D eigenvalue weighted by atomic mass is 35.5. The Hall–Kier alpha value is -1.56. The first-order valence-electron chi connectivity index (χ1n) is 7.54. The second-order valence-electron chi connectivity index (χ2n) is 5.73. The molecule has 1 saturated carbocycles. The summed E-state index contributed by atoms with van der Waals surface area (Å²) in [4.78, 5) is 8.98.